The predicted molar refractivity (Wildman–Crippen MR) is 126 cm³/mol. The maximum Gasteiger partial charge on any atom is 0.256 e. The lowest BCUT2D eigenvalue weighted by atomic mass is 9.96. The van der Waals surface area contributed by atoms with E-state index in [0.717, 1.165) is 5.56 Å². The molecular weight excluding hydrogens is 453 g/mol. The third kappa shape index (κ3) is 5.21. The monoisotopic (exact) mass is 483 g/mol. The Morgan fingerprint density at radius 2 is 1.63 bits per heavy atom. The second kappa shape index (κ2) is 10.5. The summed E-state index contributed by atoms with van der Waals surface area (Å²) in [6.07, 6.45) is 0.721. The van der Waals surface area contributed by atoms with Gasteiger partial charge < -0.3 is 19.7 Å². The smallest absolute Gasteiger partial charge is 0.256 e. The predicted octanol–water partition coefficient (Wildman–Crippen LogP) is 2.37. The molecule has 0 saturated carbocycles. The fourth-order valence-electron chi connectivity index (χ4n) is 4.63. The summed E-state index contributed by atoms with van der Waals surface area (Å²) < 4.78 is 24.6. The molecule has 35 heavy (non-hydrogen) atoms. The molecule has 0 unspecified atom stereocenters. The number of halogens is 1. The number of hydrogen-bond donors (Lipinski definition) is 1. The first-order valence-electron chi connectivity index (χ1n) is 11.7. The van der Waals surface area contributed by atoms with Crippen LogP contribution in [0, 0.1) is 12.7 Å². The Balaban J connectivity index is 1.54. The van der Waals surface area contributed by atoms with Gasteiger partial charge in [0.25, 0.3) is 11.8 Å². The first kappa shape index (κ1) is 24.8. The van der Waals surface area contributed by atoms with Crippen LogP contribution in [0.5, 0.6) is 0 Å². The highest BCUT2D eigenvalue weighted by Gasteiger charge is 2.54. The normalized spacial score (nSPS) is 19.1. The van der Waals surface area contributed by atoms with Crippen molar-refractivity contribution in [1.82, 2.24) is 15.1 Å². The van der Waals surface area contributed by atoms with Crippen molar-refractivity contribution in [2.45, 2.75) is 31.5 Å². The van der Waals surface area contributed by atoms with Gasteiger partial charge >= 0.3 is 0 Å². The van der Waals surface area contributed by atoms with Crippen LogP contribution in [0.25, 0.3) is 0 Å². The highest BCUT2D eigenvalue weighted by Crippen LogP contribution is 2.38. The van der Waals surface area contributed by atoms with E-state index in [1.54, 1.807) is 17.0 Å². The second-order valence-corrected chi connectivity index (χ2v) is 8.90. The molecule has 8 nitrogen and oxygen atoms in total. The van der Waals surface area contributed by atoms with Crippen molar-refractivity contribution >= 4 is 17.7 Å². The van der Waals surface area contributed by atoms with Gasteiger partial charge in [0.15, 0.2) is 0 Å². The van der Waals surface area contributed by atoms with Crippen molar-refractivity contribution in [2.75, 3.05) is 40.0 Å². The van der Waals surface area contributed by atoms with Crippen LogP contribution in [0.2, 0.25) is 0 Å². The number of aryl methyl sites for hydroxylation is 1. The average molecular weight is 484 g/mol. The number of likely N-dealkylation sites (tertiary alicyclic amines) is 1. The number of piperidine rings is 1. The molecule has 0 aromatic heterocycles. The van der Waals surface area contributed by atoms with E-state index >= 15 is 0 Å². The van der Waals surface area contributed by atoms with Gasteiger partial charge in [0.2, 0.25) is 5.91 Å². The van der Waals surface area contributed by atoms with Crippen LogP contribution in [-0.2, 0) is 14.3 Å². The molecule has 0 radical (unpaired) electrons. The Hall–Kier alpha value is -3.30. The number of carbonyl (C=O) groups is 3. The average Bonchev–Trinajstić information content (AvgIpc) is 3.23. The van der Waals surface area contributed by atoms with Crippen molar-refractivity contribution in [3.63, 3.8) is 0 Å². The molecule has 2 saturated heterocycles. The van der Waals surface area contributed by atoms with Crippen LogP contribution in [0.4, 0.5) is 4.39 Å². The Morgan fingerprint density at radius 1 is 1.03 bits per heavy atom. The van der Waals surface area contributed by atoms with Crippen LogP contribution in [0.1, 0.15) is 39.1 Å². The number of rotatable bonds is 6. The molecule has 2 heterocycles. The SMILES string of the molecule is COCCNC(=O)[C@@H]1COC2(CCN(C(=O)c3ccc(C)cc3)CC2)N1C(=O)c1ccc(F)cc1. The van der Waals surface area contributed by atoms with E-state index in [4.69, 9.17) is 9.47 Å². The van der Waals surface area contributed by atoms with Crippen molar-refractivity contribution < 1.29 is 28.2 Å². The third-order valence-electron chi connectivity index (χ3n) is 6.61. The lowest BCUT2D eigenvalue weighted by molar-refractivity contribution is -0.128. The molecule has 2 aliphatic heterocycles. The highest BCUT2D eigenvalue weighted by molar-refractivity contribution is 5.98. The lowest BCUT2D eigenvalue weighted by Gasteiger charge is -2.44. The largest absolute Gasteiger partial charge is 0.383 e. The van der Waals surface area contributed by atoms with Crippen molar-refractivity contribution in [1.29, 1.82) is 0 Å². The van der Waals surface area contributed by atoms with Crippen LogP contribution in [0.15, 0.2) is 48.5 Å². The summed E-state index contributed by atoms with van der Waals surface area (Å²) in [6, 6.07) is 11.8. The number of nitrogens with one attached hydrogen (secondary N) is 1. The lowest BCUT2D eigenvalue weighted by Crippen LogP contribution is -2.60. The first-order chi connectivity index (χ1) is 16.8. The summed E-state index contributed by atoms with van der Waals surface area (Å²) in [5, 5.41) is 2.78. The summed E-state index contributed by atoms with van der Waals surface area (Å²) in [5.74, 6) is -1.28. The number of methoxy groups -OCH3 is 1. The van der Waals surface area contributed by atoms with Gasteiger partial charge in [-0.2, -0.15) is 0 Å². The molecule has 9 heteroatoms. The van der Waals surface area contributed by atoms with E-state index in [-0.39, 0.29) is 24.0 Å². The van der Waals surface area contributed by atoms with Gasteiger partial charge in [-0.05, 0) is 43.3 Å². The van der Waals surface area contributed by atoms with E-state index in [1.165, 1.54) is 36.3 Å². The summed E-state index contributed by atoms with van der Waals surface area (Å²) >= 11 is 0. The molecular formula is C26H30FN3O5. The molecule has 186 valence electrons. The van der Waals surface area contributed by atoms with Gasteiger partial charge in [0, 0.05) is 50.7 Å². The fourth-order valence-corrected chi connectivity index (χ4v) is 4.63. The molecule has 0 aliphatic carbocycles. The van der Waals surface area contributed by atoms with E-state index in [2.05, 4.69) is 5.32 Å². The molecule has 4 rings (SSSR count). The Morgan fingerprint density at radius 3 is 2.26 bits per heavy atom. The number of carbonyl (C=O) groups excluding carboxylic acids is 3. The number of ether oxygens (including phenoxy) is 2. The summed E-state index contributed by atoms with van der Waals surface area (Å²) in [4.78, 5) is 42.8. The van der Waals surface area contributed by atoms with E-state index in [9.17, 15) is 18.8 Å². The van der Waals surface area contributed by atoms with Crippen LogP contribution in [-0.4, -0.2) is 79.2 Å². The zero-order valence-corrected chi connectivity index (χ0v) is 20.0. The number of amides is 3. The van der Waals surface area contributed by atoms with Crippen molar-refractivity contribution in [3.05, 3.63) is 71.0 Å². The van der Waals surface area contributed by atoms with Crippen LogP contribution in [0.3, 0.4) is 0 Å². The first-order valence-corrected chi connectivity index (χ1v) is 11.7. The molecule has 0 bridgehead atoms. The minimum Gasteiger partial charge on any atom is -0.383 e. The molecule has 2 aliphatic rings. The van der Waals surface area contributed by atoms with E-state index < -0.39 is 23.5 Å². The third-order valence-corrected chi connectivity index (χ3v) is 6.61. The van der Waals surface area contributed by atoms with Gasteiger partial charge in [0.1, 0.15) is 17.6 Å². The van der Waals surface area contributed by atoms with Gasteiger partial charge in [-0.15, -0.1) is 0 Å². The maximum absolute atomic E-state index is 13.6. The van der Waals surface area contributed by atoms with Crippen LogP contribution < -0.4 is 5.32 Å². The second-order valence-electron chi connectivity index (χ2n) is 8.90. The van der Waals surface area contributed by atoms with E-state index in [0.29, 0.717) is 44.6 Å². The van der Waals surface area contributed by atoms with Gasteiger partial charge in [-0.1, -0.05) is 17.7 Å². The molecule has 2 aromatic carbocycles. The van der Waals surface area contributed by atoms with E-state index in [1.807, 2.05) is 19.1 Å². The molecule has 2 aromatic rings. The Labute approximate surface area is 204 Å². The number of benzene rings is 2. The fraction of sp³-hybridized carbons (Fsp3) is 0.423. The Bertz CT molecular complexity index is 1070. The molecule has 2 fully saturated rings. The van der Waals surface area contributed by atoms with Gasteiger partial charge in [-0.25, -0.2) is 4.39 Å². The molecule has 1 spiro atoms. The summed E-state index contributed by atoms with van der Waals surface area (Å²) in [5.41, 5.74) is 0.916. The number of hydrogen-bond acceptors (Lipinski definition) is 5. The summed E-state index contributed by atoms with van der Waals surface area (Å²) in [7, 11) is 1.54. The van der Waals surface area contributed by atoms with Crippen molar-refractivity contribution in [3.8, 4) is 0 Å². The molecule has 3 amide bonds. The quantitative estimate of drug-likeness (QED) is 0.638. The standard InChI is InChI=1S/C26H30FN3O5/c1-18-3-5-19(6-4-18)24(32)29-14-11-26(12-15-29)30(25(33)20-7-9-21(27)10-8-20)22(17-35-26)23(31)28-13-16-34-2/h3-10,22H,11-17H2,1-2H3,(H,28,31)/t22-/m0/s1. The summed E-state index contributed by atoms with van der Waals surface area (Å²) in [6.45, 7) is 3.39. The van der Waals surface area contributed by atoms with Gasteiger partial charge in [-0.3, -0.25) is 19.3 Å². The zero-order valence-electron chi connectivity index (χ0n) is 20.0. The minimum absolute atomic E-state index is 0.0393. The van der Waals surface area contributed by atoms with Crippen LogP contribution >= 0.6 is 0 Å². The molecule has 1 atom stereocenters. The Kier molecular flexibility index (Phi) is 7.47. The minimum atomic E-state index is -1.03. The zero-order chi connectivity index (χ0) is 25.0. The van der Waals surface area contributed by atoms with Gasteiger partial charge in [0.05, 0.1) is 13.2 Å². The van der Waals surface area contributed by atoms with Crippen molar-refractivity contribution in [2.24, 2.45) is 0 Å². The highest BCUT2D eigenvalue weighted by atomic mass is 19.1. The topological polar surface area (TPSA) is 88.2 Å². The molecule has 1 N–H and O–H groups in total. The number of nitrogens with zero attached hydrogens (tertiary/aromatic N) is 2. The maximum atomic E-state index is 13.6.